The van der Waals surface area contributed by atoms with Crippen molar-refractivity contribution in [1.29, 1.82) is 0 Å². The summed E-state index contributed by atoms with van der Waals surface area (Å²) in [7, 11) is 1.60. The summed E-state index contributed by atoms with van der Waals surface area (Å²) in [5.41, 5.74) is 0.936. The SMILES string of the molecule is COc1ccc(OCC(=O)N2CCC[C@H]2c2ncc(Cc3ccc(F)cc3)o2)cc1. The van der Waals surface area contributed by atoms with Crippen molar-refractivity contribution < 1.29 is 23.1 Å². The highest BCUT2D eigenvalue weighted by atomic mass is 19.1. The summed E-state index contributed by atoms with van der Waals surface area (Å²) in [6.07, 6.45) is 3.88. The van der Waals surface area contributed by atoms with E-state index in [1.165, 1.54) is 12.1 Å². The average molecular weight is 410 g/mol. The number of hydrogen-bond donors (Lipinski definition) is 0. The van der Waals surface area contributed by atoms with Crippen molar-refractivity contribution in [3.05, 3.63) is 77.8 Å². The van der Waals surface area contributed by atoms with E-state index in [-0.39, 0.29) is 24.4 Å². The molecule has 3 aromatic rings. The number of likely N-dealkylation sites (tertiary alicyclic amines) is 1. The Morgan fingerprint density at radius 2 is 1.90 bits per heavy atom. The van der Waals surface area contributed by atoms with E-state index in [1.807, 2.05) is 0 Å². The van der Waals surface area contributed by atoms with Crippen molar-refractivity contribution in [1.82, 2.24) is 9.88 Å². The van der Waals surface area contributed by atoms with Crippen LogP contribution in [0.3, 0.4) is 0 Å². The molecule has 30 heavy (non-hydrogen) atoms. The van der Waals surface area contributed by atoms with Gasteiger partial charge in [-0.05, 0) is 54.8 Å². The number of amides is 1. The minimum atomic E-state index is -0.269. The van der Waals surface area contributed by atoms with Crippen LogP contribution < -0.4 is 9.47 Å². The molecule has 1 aromatic heterocycles. The molecule has 4 rings (SSSR count). The summed E-state index contributed by atoms with van der Waals surface area (Å²) in [5, 5.41) is 0. The molecular weight excluding hydrogens is 387 g/mol. The van der Waals surface area contributed by atoms with E-state index in [4.69, 9.17) is 13.9 Å². The monoisotopic (exact) mass is 410 g/mol. The summed E-state index contributed by atoms with van der Waals surface area (Å²) in [6.45, 7) is 0.594. The zero-order valence-corrected chi connectivity index (χ0v) is 16.7. The average Bonchev–Trinajstić information content (AvgIpc) is 3.43. The molecule has 6 nitrogen and oxygen atoms in total. The van der Waals surface area contributed by atoms with E-state index in [9.17, 15) is 9.18 Å². The van der Waals surface area contributed by atoms with Gasteiger partial charge in [0.05, 0.1) is 13.3 Å². The molecule has 156 valence electrons. The number of benzene rings is 2. The van der Waals surface area contributed by atoms with Crippen molar-refractivity contribution in [2.75, 3.05) is 20.3 Å². The van der Waals surface area contributed by atoms with Crippen LogP contribution in [0.4, 0.5) is 4.39 Å². The van der Waals surface area contributed by atoms with Crippen molar-refractivity contribution >= 4 is 5.91 Å². The summed E-state index contributed by atoms with van der Waals surface area (Å²) in [5.74, 6) is 2.18. The van der Waals surface area contributed by atoms with E-state index in [0.29, 0.717) is 30.4 Å². The molecule has 0 saturated carbocycles. The van der Waals surface area contributed by atoms with Crippen LogP contribution in [0.5, 0.6) is 11.5 Å². The Morgan fingerprint density at radius 3 is 2.63 bits per heavy atom. The number of nitrogens with zero attached hydrogens (tertiary/aromatic N) is 2. The first kappa shape index (κ1) is 19.9. The number of hydrogen-bond acceptors (Lipinski definition) is 5. The first-order chi connectivity index (χ1) is 14.6. The lowest BCUT2D eigenvalue weighted by Crippen LogP contribution is -2.34. The van der Waals surface area contributed by atoms with E-state index in [1.54, 1.807) is 54.6 Å². The predicted octanol–water partition coefficient (Wildman–Crippen LogP) is 4.16. The third-order valence-corrected chi connectivity index (χ3v) is 5.14. The van der Waals surface area contributed by atoms with Crippen LogP contribution in [-0.2, 0) is 11.2 Å². The standard InChI is InChI=1S/C23H23FN2O4/c1-28-18-8-10-19(11-9-18)29-15-22(27)26-12-2-3-21(26)23-25-14-20(30-23)13-16-4-6-17(24)7-5-16/h4-11,14,21H,2-3,12-13,15H2,1H3/t21-/m0/s1. The second kappa shape index (κ2) is 8.98. The molecule has 0 N–H and O–H groups in total. The van der Waals surface area contributed by atoms with E-state index >= 15 is 0 Å². The van der Waals surface area contributed by atoms with Crippen LogP contribution in [-0.4, -0.2) is 36.1 Å². The number of rotatable bonds is 7. The molecule has 1 aliphatic heterocycles. The van der Waals surface area contributed by atoms with Gasteiger partial charge in [-0.25, -0.2) is 9.37 Å². The molecular formula is C23H23FN2O4. The number of methoxy groups -OCH3 is 1. The minimum Gasteiger partial charge on any atom is -0.497 e. The van der Waals surface area contributed by atoms with Gasteiger partial charge < -0.3 is 18.8 Å². The van der Waals surface area contributed by atoms with E-state index in [2.05, 4.69) is 4.98 Å². The van der Waals surface area contributed by atoms with E-state index < -0.39 is 0 Å². The highest BCUT2D eigenvalue weighted by Crippen LogP contribution is 2.32. The summed E-state index contributed by atoms with van der Waals surface area (Å²) >= 11 is 0. The van der Waals surface area contributed by atoms with Crippen LogP contribution in [0.25, 0.3) is 0 Å². The molecule has 1 saturated heterocycles. The van der Waals surface area contributed by atoms with Gasteiger partial charge in [0.2, 0.25) is 5.89 Å². The van der Waals surface area contributed by atoms with Gasteiger partial charge in [0.1, 0.15) is 29.1 Å². The molecule has 2 aromatic carbocycles. The second-order valence-corrected chi connectivity index (χ2v) is 7.18. The number of aromatic nitrogens is 1. The largest absolute Gasteiger partial charge is 0.497 e. The molecule has 0 bridgehead atoms. The highest BCUT2D eigenvalue weighted by Gasteiger charge is 2.33. The summed E-state index contributed by atoms with van der Waals surface area (Å²) in [4.78, 5) is 18.9. The predicted molar refractivity (Wildman–Crippen MR) is 108 cm³/mol. The van der Waals surface area contributed by atoms with Crippen LogP contribution in [0.2, 0.25) is 0 Å². The highest BCUT2D eigenvalue weighted by molar-refractivity contribution is 5.78. The lowest BCUT2D eigenvalue weighted by molar-refractivity contribution is -0.134. The molecule has 1 amide bonds. The van der Waals surface area contributed by atoms with Gasteiger partial charge in [-0.15, -0.1) is 0 Å². The lowest BCUT2D eigenvalue weighted by Gasteiger charge is -2.22. The first-order valence-electron chi connectivity index (χ1n) is 9.88. The molecule has 1 aliphatic rings. The quantitative estimate of drug-likeness (QED) is 0.585. The summed E-state index contributed by atoms with van der Waals surface area (Å²) < 4.78 is 29.7. The van der Waals surface area contributed by atoms with Gasteiger partial charge in [-0.1, -0.05) is 12.1 Å². The number of carbonyl (C=O) groups is 1. The topological polar surface area (TPSA) is 64.8 Å². The Hall–Kier alpha value is -3.35. The molecule has 2 heterocycles. The maximum Gasteiger partial charge on any atom is 0.261 e. The van der Waals surface area contributed by atoms with Crippen LogP contribution in [0, 0.1) is 5.82 Å². The molecule has 0 unspecified atom stereocenters. The van der Waals surface area contributed by atoms with Crippen molar-refractivity contribution in [2.45, 2.75) is 25.3 Å². The fourth-order valence-electron chi connectivity index (χ4n) is 3.58. The van der Waals surface area contributed by atoms with E-state index in [0.717, 1.165) is 24.2 Å². The van der Waals surface area contributed by atoms with Gasteiger partial charge in [-0.2, -0.15) is 0 Å². The van der Waals surface area contributed by atoms with Crippen LogP contribution in [0.1, 0.15) is 36.1 Å². The molecule has 0 spiro atoms. The molecule has 1 fully saturated rings. The Bertz CT molecular complexity index is 985. The Labute approximate surface area is 174 Å². The molecule has 0 aliphatic carbocycles. The summed E-state index contributed by atoms with van der Waals surface area (Å²) in [6, 6.07) is 13.2. The van der Waals surface area contributed by atoms with Crippen molar-refractivity contribution in [3.8, 4) is 11.5 Å². The van der Waals surface area contributed by atoms with Crippen molar-refractivity contribution in [2.24, 2.45) is 0 Å². The minimum absolute atomic E-state index is 0.0496. The molecule has 0 radical (unpaired) electrons. The Morgan fingerprint density at radius 1 is 1.17 bits per heavy atom. The Balaban J connectivity index is 1.37. The maximum absolute atomic E-state index is 13.1. The third-order valence-electron chi connectivity index (χ3n) is 5.14. The fraction of sp³-hybridized carbons (Fsp3) is 0.304. The lowest BCUT2D eigenvalue weighted by atomic mass is 10.1. The zero-order chi connectivity index (χ0) is 20.9. The smallest absolute Gasteiger partial charge is 0.261 e. The fourth-order valence-corrected chi connectivity index (χ4v) is 3.58. The zero-order valence-electron chi connectivity index (χ0n) is 16.7. The third kappa shape index (κ3) is 4.62. The number of halogens is 1. The van der Waals surface area contributed by atoms with Gasteiger partial charge in [-0.3, -0.25) is 4.79 Å². The van der Waals surface area contributed by atoms with Crippen molar-refractivity contribution in [3.63, 3.8) is 0 Å². The number of ether oxygens (including phenoxy) is 2. The number of carbonyl (C=O) groups excluding carboxylic acids is 1. The normalized spacial score (nSPS) is 15.9. The van der Waals surface area contributed by atoms with Gasteiger partial charge in [0.15, 0.2) is 6.61 Å². The van der Waals surface area contributed by atoms with Gasteiger partial charge in [0, 0.05) is 13.0 Å². The molecule has 1 atom stereocenters. The van der Waals surface area contributed by atoms with Gasteiger partial charge >= 0.3 is 0 Å². The maximum atomic E-state index is 13.1. The van der Waals surface area contributed by atoms with Crippen LogP contribution in [0.15, 0.2) is 59.1 Å². The van der Waals surface area contributed by atoms with Crippen LogP contribution >= 0.6 is 0 Å². The molecule has 7 heteroatoms. The van der Waals surface area contributed by atoms with Gasteiger partial charge in [0.25, 0.3) is 5.91 Å². The first-order valence-corrected chi connectivity index (χ1v) is 9.88. The number of oxazole rings is 1. The Kier molecular flexibility index (Phi) is 5.97. The second-order valence-electron chi connectivity index (χ2n) is 7.18.